The minimum absolute atomic E-state index is 1.16. The molecule has 0 aromatic heterocycles. The zero-order chi connectivity index (χ0) is 23.8. The van der Waals surface area contributed by atoms with Crippen molar-refractivity contribution in [2.45, 2.75) is 84.5 Å². The Morgan fingerprint density at radius 2 is 0.914 bits per heavy atom. The van der Waals surface area contributed by atoms with Crippen molar-refractivity contribution >= 4 is 10.8 Å². The third-order valence-electron chi connectivity index (χ3n) is 8.47. The molecule has 0 N–H and O–H groups in total. The fourth-order valence-electron chi connectivity index (χ4n) is 6.28. The summed E-state index contributed by atoms with van der Waals surface area (Å²) in [6.45, 7) is 4.55. The predicted octanol–water partition coefficient (Wildman–Crippen LogP) is 8.39. The number of fused-ring (bicyclic) bond motifs is 3. The van der Waals surface area contributed by atoms with Gasteiger partial charge in [-0.2, -0.15) is 0 Å². The first kappa shape index (κ1) is 22.6. The van der Waals surface area contributed by atoms with E-state index in [1.54, 1.807) is 27.8 Å². The van der Waals surface area contributed by atoms with E-state index in [4.69, 9.17) is 0 Å². The zero-order valence-electron chi connectivity index (χ0n) is 21.6. The summed E-state index contributed by atoms with van der Waals surface area (Å²) in [5, 5.41) is 2.98. The van der Waals surface area contributed by atoms with Gasteiger partial charge >= 0.3 is 0 Å². The quantitative estimate of drug-likeness (QED) is 0.221. The summed E-state index contributed by atoms with van der Waals surface area (Å²) in [6, 6.07) is 24.1. The molecule has 0 unspecified atom stereocenters. The van der Waals surface area contributed by atoms with Crippen LogP contribution in [0.1, 0.15) is 74.9 Å². The number of rotatable bonds is 9. The van der Waals surface area contributed by atoms with Crippen molar-refractivity contribution in [2.75, 3.05) is 0 Å². The van der Waals surface area contributed by atoms with Gasteiger partial charge in [-0.3, -0.25) is 0 Å². The maximum absolute atomic E-state index is 2.46. The van der Waals surface area contributed by atoms with Gasteiger partial charge in [0.25, 0.3) is 0 Å². The zero-order valence-corrected chi connectivity index (χ0v) is 21.6. The highest BCUT2D eigenvalue weighted by atomic mass is 14.2. The Kier molecular flexibility index (Phi) is 6.23. The molecule has 4 aromatic rings. The fraction of sp³-hybridized carbons (Fsp3) is 0.371. The van der Waals surface area contributed by atoms with E-state index < -0.39 is 0 Å². The third kappa shape index (κ3) is 4.81. The number of hydrogen-bond acceptors (Lipinski definition) is 0. The molecule has 0 amide bonds. The first-order chi connectivity index (χ1) is 17.1. The second kappa shape index (κ2) is 9.65. The van der Waals surface area contributed by atoms with Gasteiger partial charge in [-0.15, -0.1) is 0 Å². The second-order valence-electron chi connectivity index (χ2n) is 11.2. The molecule has 4 aromatic carbocycles. The van der Waals surface area contributed by atoms with Crippen molar-refractivity contribution in [3.63, 3.8) is 0 Å². The van der Waals surface area contributed by atoms with E-state index in [1.807, 2.05) is 0 Å². The van der Waals surface area contributed by atoms with Crippen molar-refractivity contribution in [1.29, 1.82) is 0 Å². The molecule has 0 radical (unpaired) electrons. The average molecular weight is 459 g/mol. The minimum Gasteiger partial charge on any atom is -0.0588 e. The van der Waals surface area contributed by atoms with E-state index in [2.05, 4.69) is 74.5 Å². The summed E-state index contributed by atoms with van der Waals surface area (Å²) < 4.78 is 0. The summed E-state index contributed by atoms with van der Waals surface area (Å²) in [5.74, 6) is 0. The van der Waals surface area contributed by atoms with Crippen molar-refractivity contribution in [2.24, 2.45) is 0 Å². The molecule has 0 heterocycles. The summed E-state index contributed by atoms with van der Waals surface area (Å²) in [7, 11) is 0. The number of hydrogen-bond donors (Lipinski definition) is 0. The molecule has 0 fully saturated rings. The lowest BCUT2D eigenvalue weighted by Crippen LogP contribution is -2.08. The Morgan fingerprint density at radius 3 is 1.40 bits per heavy atom. The maximum Gasteiger partial charge on any atom is -0.0146 e. The van der Waals surface area contributed by atoms with Crippen molar-refractivity contribution < 1.29 is 0 Å². The van der Waals surface area contributed by atoms with Crippen LogP contribution in [0.4, 0.5) is 0 Å². The lowest BCUT2D eigenvalue weighted by molar-refractivity contribution is 0.732. The molecule has 0 saturated carbocycles. The summed E-state index contributed by atoms with van der Waals surface area (Å²) in [4.78, 5) is 0. The largest absolute Gasteiger partial charge is 0.0588 e. The molecule has 35 heavy (non-hydrogen) atoms. The third-order valence-corrected chi connectivity index (χ3v) is 8.47. The van der Waals surface area contributed by atoms with Crippen LogP contribution < -0.4 is 0 Å². The van der Waals surface area contributed by atoms with Gasteiger partial charge in [0.15, 0.2) is 0 Å². The van der Waals surface area contributed by atoms with E-state index in [0.717, 1.165) is 6.42 Å². The summed E-state index contributed by atoms with van der Waals surface area (Å²) in [6.07, 6.45) is 13.6. The van der Waals surface area contributed by atoms with Gasteiger partial charge in [-0.1, -0.05) is 71.8 Å². The van der Waals surface area contributed by atoms with Crippen molar-refractivity contribution in [1.82, 2.24) is 0 Å². The van der Waals surface area contributed by atoms with Gasteiger partial charge in [0, 0.05) is 0 Å². The molecule has 178 valence electrons. The van der Waals surface area contributed by atoms with Gasteiger partial charge in [-0.25, -0.2) is 0 Å². The van der Waals surface area contributed by atoms with E-state index in [-0.39, 0.29) is 0 Å². The van der Waals surface area contributed by atoms with Crippen LogP contribution in [0.15, 0.2) is 60.7 Å². The molecular formula is C35H38. The highest BCUT2D eigenvalue weighted by molar-refractivity contribution is 5.90. The molecule has 0 saturated heterocycles. The Hall–Kier alpha value is -2.86. The minimum atomic E-state index is 1.16. The van der Waals surface area contributed by atoms with Crippen LogP contribution >= 0.6 is 0 Å². The highest BCUT2D eigenvalue weighted by Crippen LogP contribution is 2.30. The summed E-state index contributed by atoms with van der Waals surface area (Å²) >= 11 is 0. The SMILES string of the molecule is Cc1cc(CCCc2ccc3c(c2)CC3)c2cc(C)cc(CCCCc3ccc4c(c3)CC4)c2c1. The topological polar surface area (TPSA) is 0 Å². The van der Waals surface area contributed by atoms with Gasteiger partial charge < -0.3 is 0 Å². The standard InChI is InChI=1S/C35H38/c1-24-18-32(8-4-3-6-26-10-12-28-14-16-30(28)22-26)34-20-25(2)19-33(35(34)21-24)9-5-7-27-11-13-29-15-17-31(29)23-27/h10-13,18-23H,3-9,14-17H2,1-2H3. The lowest BCUT2D eigenvalue weighted by Gasteiger charge is -2.19. The van der Waals surface area contributed by atoms with Gasteiger partial charge in [0.05, 0.1) is 0 Å². The second-order valence-corrected chi connectivity index (χ2v) is 11.2. The number of unbranched alkanes of at least 4 members (excludes halogenated alkanes) is 1. The van der Waals surface area contributed by atoms with Gasteiger partial charge in [-0.05, 0) is 140 Å². The van der Waals surface area contributed by atoms with Crippen LogP contribution in [0.25, 0.3) is 10.8 Å². The Labute approximate surface area is 211 Å². The maximum atomic E-state index is 2.46. The van der Waals surface area contributed by atoms with Crippen LogP contribution in [0.3, 0.4) is 0 Å². The van der Waals surface area contributed by atoms with Crippen LogP contribution in [0, 0.1) is 13.8 Å². The first-order valence-corrected chi connectivity index (χ1v) is 13.9. The van der Waals surface area contributed by atoms with Crippen molar-refractivity contribution in [3.05, 3.63) is 116 Å². The monoisotopic (exact) mass is 458 g/mol. The molecule has 0 atom stereocenters. The Morgan fingerprint density at radius 1 is 0.457 bits per heavy atom. The van der Waals surface area contributed by atoms with Crippen molar-refractivity contribution in [3.8, 4) is 0 Å². The molecule has 0 spiro atoms. The van der Waals surface area contributed by atoms with Crippen LogP contribution in [-0.4, -0.2) is 0 Å². The molecule has 2 aliphatic rings. The first-order valence-electron chi connectivity index (χ1n) is 13.9. The normalized spacial score (nSPS) is 13.8. The molecule has 2 aliphatic carbocycles. The average Bonchev–Trinajstić information content (AvgIpc) is 2.80. The van der Waals surface area contributed by atoms with Crippen LogP contribution in [0.2, 0.25) is 0 Å². The highest BCUT2D eigenvalue weighted by Gasteiger charge is 2.14. The Bertz CT molecular complexity index is 1390. The van der Waals surface area contributed by atoms with Gasteiger partial charge in [0.1, 0.15) is 0 Å². The molecule has 0 bridgehead atoms. The number of aryl methyl sites for hydroxylation is 10. The van der Waals surface area contributed by atoms with E-state index >= 15 is 0 Å². The molecule has 0 nitrogen and oxygen atoms in total. The predicted molar refractivity (Wildman–Crippen MR) is 150 cm³/mol. The lowest BCUT2D eigenvalue weighted by atomic mass is 9.86. The molecule has 0 heteroatoms. The molecule has 6 rings (SSSR count). The number of benzene rings is 4. The molecular weight excluding hydrogens is 420 g/mol. The Balaban J connectivity index is 1.13. The molecule has 0 aliphatic heterocycles. The van der Waals surface area contributed by atoms with Crippen LogP contribution in [-0.2, 0) is 51.4 Å². The van der Waals surface area contributed by atoms with Crippen LogP contribution in [0.5, 0.6) is 0 Å². The smallest absolute Gasteiger partial charge is 0.0146 e. The van der Waals surface area contributed by atoms with E-state index in [9.17, 15) is 0 Å². The van der Waals surface area contributed by atoms with Gasteiger partial charge in [0.2, 0.25) is 0 Å². The van der Waals surface area contributed by atoms with E-state index in [0.29, 0.717) is 0 Å². The van der Waals surface area contributed by atoms with E-state index in [1.165, 1.54) is 103 Å². The summed E-state index contributed by atoms with van der Waals surface area (Å²) in [5.41, 5.74) is 15.3. The fourth-order valence-corrected chi connectivity index (χ4v) is 6.28.